The van der Waals surface area contributed by atoms with Crippen LogP contribution in [0.2, 0.25) is 0 Å². The molecule has 1 N–H and O–H groups in total. The second kappa shape index (κ2) is 6.76. The van der Waals surface area contributed by atoms with Crippen LogP contribution in [0.3, 0.4) is 0 Å². The van der Waals surface area contributed by atoms with Crippen molar-refractivity contribution in [2.75, 3.05) is 7.11 Å². The first-order valence-electron chi connectivity index (χ1n) is 8.29. The zero-order valence-electron chi connectivity index (χ0n) is 15.2. The van der Waals surface area contributed by atoms with Crippen molar-refractivity contribution in [2.24, 2.45) is 10.9 Å². The largest absolute Gasteiger partial charge is 0.356 e. The quantitative estimate of drug-likeness (QED) is 0.900. The minimum absolute atomic E-state index is 0.427. The predicted octanol–water partition coefficient (Wildman–Crippen LogP) is 2.97. The van der Waals surface area contributed by atoms with Crippen LogP contribution in [-0.2, 0) is 11.2 Å². The van der Waals surface area contributed by atoms with E-state index in [0.29, 0.717) is 23.3 Å². The molecule has 0 saturated heterocycles. The molecule has 1 aliphatic heterocycles. The van der Waals surface area contributed by atoms with Gasteiger partial charge >= 0.3 is 0 Å². The number of pyridine rings is 1. The van der Waals surface area contributed by atoms with Crippen molar-refractivity contribution in [1.29, 1.82) is 0 Å². The molecule has 1 atom stereocenters. The first kappa shape index (κ1) is 17.3. The molecular formula is C18H23N5O2. The third-order valence-electron chi connectivity index (χ3n) is 3.92. The highest BCUT2D eigenvalue weighted by Gasteiger charge is 2.25. The molecule has 7 heteroatoms. The van der Waals surface area contributed by atoms with Gasteiger partial charge in [0.15, 0.2) is 5.72 Å². The standard InChI is InChI=1S/C18H23N5O2/c1-11(2)6-14-8-13(7-12(3)21-14)17-22-16(23-25-17)15-9-18(4,24-5)20-10-19-15/h7-11H,6H2,1-5H3,(H,19,20). The number of nitrogens with one attached hydrogen (secondary N) is 1. The molecule has 0 aliphatic carbocycles. The fourth-order valence-corrected chi connectivity index (χ4v) is 2.64. The average molecular weight is 341 g/mol. The van der Waals surface area contributed by atoms with Gasteiger partial charge in [0, 0.05) is 24.1 Å². The minimum atomic E-state index is -0.643. The number of nitrogens with zero attached hydrogens (tertiary/aromatic N) is 4. The van der Waals surface area contributed by atoms with Crippen molar-refractivity contribution >= 4 is 12.0 Å². The second-order valence-corrected chi connectivity index (χ2v) is 6.75. The topological polar surface area (TPSA) is 85.4 Å². The molecule has 0 saturated carbocycles. The summed E-state index contributed by atoms with van der Waals surface area (Å²) in [6, 6.07) is 3.95. The Morgan fingerprint density at radius 3 is 2.80 bits per heavy atom. The van der Waals surface area contributed by atoms with Crippen LogP contribution in [0.5, 0.6) is 0 Å². The molecule has 25 heavy (non-hydrogen) atoms. The molecule has 0 bridgehead atoms. The highest BCUT2D eigenvalue weighted by Crippen LogP contribution is 2.25. The number of ether oxygens (including phenoxy) is 1. The van der Waals surface area contributed by atoms with Crippen LogP contribution in [0.4, 0.5) is 0 Å². The van der Waals surface area contributed by atoms with E-state index >= 15 is 0 Å². The monoisotopic (exact) mass is 341 g/mol. The van der Waals surface area contributed by atoms with Crippen molar-refractivity contribution in [3.63, 3.8) is 0 Å². The third-order valence-corrected chi connectivity index (χ3v) is 3.92. The summed E-state index contributed by atoms with van der Waals surface area (Å²) in [7, 11) is 1.62. The minimum Gasteiger partial charge on any atom is -0.356 e. The maximum absolute atomic E-state index is 5.46. The molecule has 132 valence electrons. The van der Waals surface area contributed by atoms with Crippen molar-refractivity contribution in [1.82, 2.24) is 20.4 Å². The fraction of sp³-hybridized carbons (Fsp3) is 0.444. The SMILES string of the molecule is COC1(C)C=C(c2noc(-c3cc(C)nc(CC(C)C)c3)n2)N=CN1. The van der Waals surface area contributed by atoms with Crippen LogP contribution in [0.25, 0.3) is 17.2 Å². The summed E-state index contributed by atoms with van der Waals surface area (Å²) in [6.07, 6.45) is 4.30. The van der Waals surface area contributed by atoms with Gasteiger partial charge in [-0.3, -0.25) is 4.98 Å². The van der Waals surface area contributed by atoms with Gasteiger partial charge in [-0.1, -0.05) is 19.0 Å². The highest BCUT2D eigenvalue weighted by molar-refractivity contribution is 5.74. The molecule has 0 fully saturated rings. The number of methoxy groups -OCH3 is 1. The van der Waals surface area contributed by atoms with Crippen LogP contribution >= 0.6 is 0 Å². The van der Waals surface area contributed by atoms with Crippen molar-refractivity contribution in [3.8, 4) is 11.5 Å². The van der Waals surface area contributed by atoms with E-state index in [1.54, 1.807) is 13.4 Å². The number of rotatable bonds is 5. The fourth-order valence-electron chi connectivity index (χ4n) is 2.64. The Hall–Kier alpha value is -2.54. The number of aryl methyl sites for hydroxylation is 1. The summed E-state index contributed by atoms with van der Waals surface area (Å²) in [5, 5.41) is 7.10. The Kier molecular flexibility index (Phi) is 4.67. The molecule has 2 aromatic rings. The molecule has 2 aromatic heterocycles. The van der Waals surface area contributed by atoms with Crippen molar-refractivity contribution in [3.05, 3.63) is 35.4 Å². The zero-order valence-corrected chi connectivity index (χ0v) is 15.2. The number of hydrogen-bond acceptors (Lipinski definition) is 7. The Balaban J connectivity index is 1.92. The van der Waals surface area contributed by atoms with Crippen molar-refractivity contribution < 1.29 is 9.26 Å². The molecular weight excluding hydrogens is 318 g/mol. The summed E-state index contributed by atoms with van der Waals surface area (Å²) >= 11 is 0. The molecule has 1 aliphatic rings. The molecule has 0 amide bonds. The van der Waals surface area contributed by atoms with E-state index in [0.717, 1.165) is 23.4 Å². The second-order valence-electron chi connectivity index (χ2n) is 6.75. The number of aromatic nitrogens is 3. The molecule has 3 rings (SSSR count). The number of hydrogen-bond donors (Lipinski definition) is 1. The average Bonchev–Trinajstić information content (AvgIpc) is 3.04. The molecule has 0 spiro atoms. The van der Waals surface area contributed by atoms with E-state index in [4.69, 9.17) is 9.26 Å². The molecule has 0 radical (unpaired) electrons. The molecule has 1 unspecified atom stereocenters. The van der Waals surface area contributed by atoms with Gasteiger partial charge in [0.25, 0.3) is 5.89 Å². The van der Waals surface area contributed by atoms with Gasteiger partial charge in [-0.15, -0.1) is 0 Å². The Bertz CT molecular complexity index is 825. The lowest BCUT2D eigenvalue weighted by molar-refractivity contribution is 0.0365. The Morgan fingerprint density at radius 1 is 1.28 bits per heavy atom. The summed E-state index contributed by atoms with van der Waals surface area (Å²) in [6.45, 7) is 8.20. The van der Waals surface area contributed by atoms with E-state index in [9.17, 15) is 0 Å². The van der Waals surface area contributed by atoms with E-state index < -0.39 is 5.72 Å². The van der Waals surface area contributed by atoms with Gasteiger partial charge < -0.3 is 14.6 Å². The lowest BCUT2D eigenvalue weighted by Gasteiger charge is -2.27. The van der Waals surface area contributed by atoms with Crippen LogP contribution in [0.15, 0.2) is 27.7 Å². The maximum Gasteiger partial charge on any atom is 0.258 e. The van der Waals surface area contributed by atoms with Gasteiger partial charge in [-0.25, -0.2) is 4.99 Å². The number of aliphatic imine (C=N–C) groups is 1. The Labute approximate surface area is 147 Å². The Morgan fingerprint density at radius 2 is 2.08 bits per heavy atom. The van der Waals surface area contributed by atoms with E-state index in [1.807, 2.05) is 32.1 Å². The lowest BCUT2D eigenvalue weighted by Crippen LogP contribution is -2.43. The smallest absolute Gasteiger partial charge is 0.258 e. The van der Waals surface area contributed by atoms with Gasteiger partial charge in [-0.2, -0.15) is 4.98 Å². The zero-order chi connectivity index (χ0) is 18.0. The first-order chi connectivity index (χ1) is 11.9. The maximum atomic E-state index is 5.46. The summed E-state index contributed by atoms with van der Waals surface area (Å²) in [5.74, 6) is 1.41. The predicted molar refractivity (Wildman–Crippen MR) is 95.8 cm³/mol. The molecule has 7 nitrogen and oxygen atoms in total. The van der Waals surface area contributed by atoms with Crippen LogP contribution in [0.1, 0.15) is 38.0 Å². The van der Waals surface area contributed by atoms with Crippen LogP contribution < -0.4 is 5.32 Å². The van der Waals surface area contributed by atoms with Crippen LogP contribution in [-0.4, -0.2) is 34.3 Å². The van der Waals surface area contributed by atoms with E-state index in [-0.39, 0.29) is 0 Å². The summed E-state index contributed by atoms with van der Waals surface area (Å²) in [4.78, 5) is 13.3. The van der Waals surface area contributed by atoms with Crippen molar-refractivity contribution in [2.45, 2.75) is 39.8 Å². The van der Waals surface area contributed by atoms with E-state index in [2.05, 4.69) is 39.3 Å². The van der Waals surface area contributed by atoms with Gasteiger partial charge in [0.1, 0.15) is 5.70 Å². The van der Waals surface area contributed by atoms with Gasteiger partial charge in [-0.05, 0) is 44.4 Å². The molecule has 0 aromatic carbocycles. The lowest BCUT2D eigenvalue weighted by atomic mass is 10.1. The van der Waals surface area contributed by atoms with Gasteiger partial charge in [0.05, 0.1) is 6.34 Å². The summed E-state index contributed by atoms with van der Waals surface area (Å²) < 4.78 is 10.9. The highest BCUT2D eigenvalue weighted by atomic mass is 16.5. The first-order valence-corrected chi connectivity index (χ1v) is 8.29. The molecule has 3 heterocycles. The summed E-state index contributed by atoms with van der Waals surface area (Å²) in [5.41, 5.74) is 2.78. The van der Waals surface area contributed by atoms with E-state index in [1.165, 1.54) is 0 Å². The van der Waals surface area contributed by atoms with Crippen LogP contribution in [0, 0.1) is 12.8 Å². The van der Waals surface area contributed by atoms with Gasteiger partial charge in [0.2, 0.25) is 5.82 Å². The normalized spacial score (nSPS) is 19.8. The third kappa shape index (κ3) is 3.93.